The summed E-state index contributed by atoms with van der Waals surface area (Å²) >= 11 is 1.57. The summed E-state index contributed by atoms with van der Waals surface area (Å²) in [6.07, 6.45) is 8.00. The van der Waals surface area contributed by atoms with Crippen LogP contribution in [0.3, 0.4) is 0 Å². The number of rotatable bonds is 5. The Labute approximate surface area is 138 Å². The van der Waals surface area contributed by atoms with Gasteiger partial charge in [-0.1, -0.05) is 25.2 Å². The number of cyclic esters (lactones) is 1. The number of esters is 1. The molecule has 1 atom stereocenters. The maximum absolute atomic E-state index is 12.3. The van der Waals surface area contributed by atoms with Gasteiger partial charge in [-0.3, -0.25) is 0 Å². The standard InChI is InChI=1S/C18H18O4S/c1-2-12-9-11-10-13(20)15-14(7-5-3-4-6-8-19)22-18(21)16(15)17(11)23-12/h3-5,7,9-10,14,19-20H,2,6,8H2,1H3/b4-3+,7-5+/t14-/m1/s1. The lowest BCUT2D eigenvalue weighted by molar-refractivity contribution is 0.0467. The molecule has 0 saturated carbocycles. The maximum atomic E-state index is 12.3. The highest BCUT2D eigenvalue weighted by molar-refractivity contribution is 7.19. The average molecular weight is 330 g/mol. The molecule has 0 radical (unpaired) electrons. The van der Waals surface area contributed by atoms with E-state index in [4.69, 9.17) is 9.84 Å². The van der Waals surface area contributed by atoms with Crippen molar-refractivity contribution in [3.8, 4) is 5.75 Å². The van der Waals surface area contributed by atoms with Gasteiger partial charge >= 0.3 is 5.97 Å². The molecule has 120 valence electrons. The van der Waals surface area contributed by atoms with Gasteiger partial charge in [0.05, 0.1) is 11.1 Å². The Kier molecular flexibility index (Phi) is 4.50. The molecule has 1 aliphatic rings. The third-order valence-electron chi connectivity index (χ3n) is 3.78. The van der Waals surface area contributed by atoms with Crippen LogP contribution in [0.5, 0.6) is 5.75 Å². The molecule has 2 N–H and O–H groups in total. The summed E-state index contributed by atoms with van der Waals surface area (Å²) in [5.41, 5.74) is 1.03. The molecule has 2 heterocycles. The molecule has 0 saturated heterocycles. The first-order valence-corrected chi connectivity index (χ1v) is 8.40. The minimum absolute atomic E-state index is 0.0905. The summed E-state index contributed by atoms with van der Waals surface area (Å²) in [6, 6.07) is 3.71. The zero-order valence-corrected chi connectivity index (χ0v) is 13.6. The first-order chi connectivity index (χ1) is 11.2. The van der Waals surface area contributed by atoms with Gasteiger partial charge in [0.2, 0.25) is 0 Å². The number of carbonyl (C=O) groups excluding carboxylic acids is 1. The van der Waals surface area contributed by atoms with Gasteiger partial charge < -0.3 is 14.9 Å². The highest BCUT2D eigenvalue weighted by atomic mass is 32.1. The molecule has 0 aliphatic carbocycles. The summed E-state index contributed by atoms with van der Waals surface area (Å²) in [5.74, 6) is -0.299. The fraction of sp³-hybridized carbons (Fsp3) is 0.278. The molecule has 2 aromatic rings. The number of aromatic hydroxyl groups is 1. The van der Waals surface area contributed by atoms with Gasteiger partial charge in [0, 0.05) is 16.2 Å². The zero-order valence-electron chi connectivity index (χ0n) is 12.8. The number of aliphatic hydroxyl groups is 1. The highest BCUT2D eigenvalue weighted by Crippen LogP contribution is 2.44. The molecule has 1 aromatic carbocycles. The molecule has 4 nitrogen and oxygen atoms in total. The molecule has 1 aliphatic heterocycles. The molecule has 5 heteroatoms. The average Bonchev–Trinajstić information content (AvgIpc) is 3.08. The fourth-order valence-corrected chi connectivity index (χ4v) is 3.81. The SMILES string of the molecule is CCc1cc2cc(O)c3c(c2s1)C(=O)O[C@@H]3/C=C/C=C/CCO. The van der Waals surface area contributed by atoms with Crippen LogP contribution in [0.15, 0.2) is 36.4 Å². The number of fused-ring (bicyclic) bond motifs is 3. The van der Waals surface area contributed by atoms with E-state index in [1.807, 2.05) is 12.1 Å². The van der Waals surface area contributed by atoms with Crippen molar-refractivity contribution in [3.05, 3.63) is 52.4 Å². The Morgan fingerprint density at radius 1 is 1.35 bits per heavy atom. The van der Waals surface area contributed by atoms with Crippen LogP contribution in [-0.4, -0.2) is 22.8 Å². The van der Waals surface area contributed by atoms with Crippen molar-refractivity contribution in [2.45, 2.75) is 25.9 Å². The van der Waals surface area contributed by atoms with Gasteiger partial charge in [-0.05, 0) is 36.4 Å². The molecule has 0 bridgehead atoms. The van der Waals surface area contributed by atoms with Crippen molar-refractivity contribution in [2.75, 3.05) is 6.61 Å². The van der Waals surface area contributed by atoms with E-state index in [2.05, 4.69) is 6.92 Å². The van der Waals surface area contributed by atoms with Crippen molar-refractivity contribution >= 4 is 27.4 Å². The van der Waals surface area contributed by atoms with Gasteiger partial charge in [-0.15, -0.1) is 11.3 Å². The predicted octanol–water partition coefficient (Wildman–Crippen LogP) is 3.88. The van der Waals surface area contributed by atoms with E-state index in [1.54, 1.807) is 35.6 Å². The predicted molar refractivity (Wildman–Crippen MR) is 91.0 cm³/mol. The van der Waals surface area contributed by atoms with Gasteiger partial charge in [0.15, 0.2) is 6.10 Å². The third-order valence-corrected chi connectivity index (χ3v) is 5.09. The summed E-state index contributed by atoms with van der Waals surface area (Å²) in [6.45, 7) is 2.16. The van der Waals surface area contributed by atoms with Crippen molar-refractivity contribution < 1.29 is 19.7 Å². The number of aliphatic hydroxyl groups excluding tert-OH is 1. The summed E-state index contributed by atoms with van der Waals surface area (Å²) < 4.78 is 6.29. The Morgan fingerprint density at radius 3 is 2.91 bits per heavy atom. The van der Waals surface area contributed by atoms with E-state index >= 15 is 0 Å². The first-order valence-electron chi connectivity index (χ1n) is 7.59. The summed E-state index contributed by atoms with van der Waals surface area (Å²) in [7, 11) is 0. The van der Waals surface area contributed by atoms with Gasteiger partial charge in [0.25, 0.3) is 0 Å². The number of phenols is 1. The van der Waals surface area contributed by atoms with E-state index in [0.717, 1.165) is 16.5 Å². The molecule has 0 amide bonds. The van der Waals surface area contributed by atoms with Crippen LogP contribution in [-0.2, 0) is 11.2 Å². The molecule has 0 spiro atoms. The van der Waals surface area contributed by atoms with Crippen molar-refractivity contribution in [2.24, 2.45) is 0 Å². The van der Waals surface area contributed by atoms with Gasteiger partial charge in [-0.2, -0.15) is 0 Å². The minimum Gasteiger partial charge on any atom is -0.507 e. The van der Waals surface area contributed by atoms with Crippen LogP contribution in [0.25, 0.3) is 10.1 Å². The van der Waals surface area contributed by atoms with Gasteiger partial charge in [0.1, 0.15) is 5.75 Å². The van der Waals surface area contributed by atoms with E-state index < -0.39 is 6.10 Å². The van der Waals surface area contributed by atoms with E-state index in [1.165, 1.54) is 4.88 Å². The molecule has 3 rings (SSSR count). The topological polar surface area (TPSA) is 66.8 Å². The lowest BCUT2D eigenvalue weighted by Gasteiger charge is -2.06. The van der Waals surface area contributed by atoms with E-state index in [-0.39, 0.29) is 18.3 Å². The number of hydrogen-bond acceptors (Lipinski definition) is 5. The second-order valence-electron chi connectivity index (χ2n) is 5.32. The van der Waals surface area contributed by atoms with Gasteiger partial charge in [-0.25, -0.2) is 4.79 Å². The van der Waals surface area contributed by atoms with Crippen LogP contribution in [0, 0.1) is 0 Å². The number of carbonyl (C=O) groups is 1. The maximum Gasteiger partial charge on any atom is 0.341 e. The van der Waals surface area contributed by atoms with Crippen LogP contribution >= 0.6 is 11.3 Å². The minimum atomic E-state index is -0.576. The number of aryl methyl sites for hydroxylation is 1. The van der Waals surface area contributed by atoms with Crippen LogP contribution in [0.2, 0.25) is 0 Å². The van der Waals surface area contributed by atoms with Crippen LogP contribution in [0.4, 0.5) is 0 Å². The fourth-order valence-electron chi connectivity index (χ4n) is 2.68. The molecular weight excluding hydrogens is 312 g/mol. The second-order valence-corrected chi connectivity index (χ2v) is 6.46. The number of phenolic OH excluding ortho intramolecular Hbond substituents is 1. The van der Waals surface area contributed by atoms with Crippen molar-refractivity contribution in [1.82, 2.24) is 0 Å². The number of benzene rings is 1. The zero-order chi connectivity index (χ0) is 16.4. The first kappa shape index (κ1) is 15.8. The Hall–Kier alpha value is -2.11. The quantitative estimate of drug-likeness (QED) is 0.645. The molecule has 0 fully saturated rings. The normalized spacial score (nSPS) is 17.5. The number of thiophene rings is 1. The largest absolute Gasteiger partial charge is 0.507 e. The Morgan fingerprint density at radius 2 is 2.17 bits per heavy atom. The van der Waals surface area contributed by atoms with E-state index in [0.29, 0.717) is 17.5 Å². The third kappa shape index (κ3) is 2.90. The number of allylic oxidation sites excluding steroid dienone is 2. The van der Waals surface area contributed by atoms with Crippen molar-refractivity contribution in [3.63, 3.8) is 0 Å². The number of ether oxygens (including phenoxy) is 1. The molecular formula is C18H18O4S. The van der Waals surface area contributed by atoms with Crippen molar-refractivity contribution in [1.29, 1.82) is 0 Å². The Balaban J connectivity index is 2.01. The molecule has 0 unspecified atom stereocenters. The van der Waals surface area contributed by atoms with Crippen LogP contribution < -0.4 is 0 Å². The lowest BCUT2D eigenvalue weighted by Crippen LogP contribution is -1.95. The van der Waals surface area contributed by atoms with E-state index in [9.17, 15) is 9.90 Å². The molecule has 23 heavy (non-hydrogen) atoms. The summed E-state index contributed by atoms with van der Waals surface area (Å²) in [4.78, 5) is 13.4. The monoisotopic (exact) mass is 330 g/mol. The lowest BCUT2D eigenvalue weighted by atomic mass is 10.0. The highest BCUT2D eigenvalue weighted by Gasteiger charge is 2.35. The molecule has 1 aromatic heterocycles. The smallest absolute Gasteiger partial charge is 0.341 e. The number of hydrogen-bond donors (Lipinski definition) is 2. The summed E-state index contributed by atoms with van der Waals surface area (Å²) in [5, 5.41) is 19.9. The Bertz CT molecular complexity index is 801. The van der Waals surface area contributed by atoms with Crippen LogP contribution in [0.1, 0.15) is 40.2 Å². The second kappa shape index (κ2) is 6.56.